The van der Waals surface area contributed by atoms with Crippen LogP contribution in [0.4, 0.5) is 5.69 Å². The maximum Gasteiger partial charge on any atom is 0.255 e. The van der Waals surface area contributed by atoms with Gasteiger partial charge in [-0.1, -0.05) is 0 Å². The average molecular weight is 354 g/mol. The molecule has 1 N–H and O–H groups in total. The van der Waals surface area contributed by atoms with Gasteiger partial charge in [0, 0.05) is 38.1 Å². The molecule has 2 rings (SSSR count). The van der Waals surface area contributed by atoms with Crippen LogP contribution in [0.2, 0.25) is 0 Å². The van der Waals surface area contributed by atoms with Crippen LogP contribution >= 0.6 is 0 Å². The van der Waals surface area contributed by atoms with E-state index in [0.29, 0.717) is 18.5 Å². The Balaban J connectivity index is 2.07. The summed E-state index contributed by atoms with van der Waals surface area (Å²) in [5.74, 6) is 0.0513. The van der Waals surface area contributed by atoms with Gasteiger partial charge in [-0.25, -0.2) is 8.42 Å². The van der Waals surface area contributed by atoms with E-state index in [-0.39, 0.29) is 23.5 Å². The van der Waals surface area contributed by atoms with Crippen LogP contribution < -0.4 is 5.32 Å². The highest BCUT2D eigenvalue weighted by molar-refractivity contribution is 7.91. The summed E-state index contributed by atoms with van der Waals surface area (Å²) in [6, 6.07) is 1.54. The van der Waals surface area contributed by atoms with Gasteiger partial charge in [0.1, 0.15) is 0 Å². The predicted molar refractivity (Wildman–Crippen MR) is 95.1 cm³/mol. The quantitative estimate of drug-likeness (QED) is 0.776. The summed E-state index contributed by atoms with van der Waals surface area (Å²) < 4.78 is 23.4. The lowest BCUT2D eigenvalue weighted by atomic mass is 10.1. The highest BCUT2D eigenvalue weighted by Crippen LogP contribution is 2.20. The molecule has 1 saturated heterocycles. The van der Waals surface area contributed by atoms with Gasteiger partial charge in [0.05, 0.1) is 22.8 Å². The van der Waals surface area contributed by atoms with Crippen molar-refractivity contribution >= 4 is 21.4 Å². The van der Waals surface area contributed by atoms with Crippen LogP contribution in [0.3, 0.4) is 0 Å². The fraction of sp³-hybridized carbons (Fsp3) is 0.625. The number of nitrogens with zero attached hydrogens (tertiary/aromatic N) is 3. The second-order valence-electron chi connectivity index (χ2n) is 6.34. The number of amides is 1. The fourth-order valence-electron chi connectivity index (χ4n) is 2.83. The minimum Gasteiger partial charge on any atom is -0.382 e. The molecule has 0 bridgehead atoms. The fourth-order valence-corrected chi connectivity index (χ4v) is 4.56. The van der Waals surface area contributed by atoms with Crippen molar-refractivity contribution < 1.29 is 13.2 Å². The van der Waals surface area contributed by atoms with Gasteiger partial charge in [-0.05, 0) is 33.5 Å². The first-order valence-electron chi connectivity index (χ1n) is 8.17. The van der Waals surface area contributed by atoms with Gasteiger partial charge in [-0.3, -0.25) is 9.78 Å². The molecular formula is C16H26N4O3S. The molecule has 1 aromatic rings. The van der Waals surface area contributed by atoms with Gasteiger partial charge < -0.3 is 15.1 Å². The molecule has 0 aliphatic carbocycles. The van der Waals surface area contributed by atoms with E-state index in [1.807, 2.05) is 21.0 Å². The first-order chi connectivity index (χ1) is 11.3. The minimum absolute atomic E-state index is 0.0563. The maximum absolute atomic E-state index is 12.8. The Bertz CT molecular complexity index is 676. The zero-order valence-electron chi connectivity index (χ0n) is 14.5. The number of likely N-dealkylation sites (N-methyl/N-ethyl adjacent to an activating group) is 1. The van der Waals surface area contributed by atoms with Crippen LogP contribution in [0.25, 0.3) is 0 Å². The highest BCUT2D eigenvalue weighted by atomic mass is 32.2. The number of pyridine rings is 1. The topological polar surface area (TPSA) is 82.6 Å². The Morgan fingerprint density at radius 2 is 2.12 bits per heavy atom. The zero-order chi connectivity index (χ0) is 17.7. The monoisotopic (exact) mass is 354 g/mol. The van der Waals surface area contributed by atoms with Gasteiger partial charge in [0.15, 0.2) is 9.84 Å². The SMILES string of the molecule is CCN(C(=O)c1cncc(NCCN(C)C)c1)C1CCS(=O)(=O)C1. The second kappa shape index (κ2) is 7.94. The molecule has 8 heteroatoms. The molecule has 1 aliphatic rings. The normalized spacial score (nSPS) is 19.4. The van der Waals surface area contributed by atoms with E-state index < -0.39 is 9.84 Å². The van der Waals surface area contributed by atoms with E-state index in [2.05, 4.69) is 15.2 Å². The summed E-state index contributed by atoms with van der Waals surface area (Å²) >= 11 is 0. The Morgan fingerprint density at radius 3 is 2.71 bits per heavy atom. The highest BCUT2D eigenvalue weighted by Gasteiger charge is 2.34. The van der Waals surface area contributed by atoms with Crippen LogP contribution in [0, 0.1) is 0 Å². The molecular weight excluding hydrogens is 328 g/mol. The van der Waals surface area contributed by atoms with Crippen molar-refractivity contribution in [1.82, 2.24) is 14.8 Å². The number of nitrogens with one attached hydrogen (secondary N) is 1. The van der Waals surface area contributed by atoms with E-state index in [1.54, 1.807) is 17.2 Å². The molecule has 24 heavy (non-hydrogen) atoms. The molecule has 1 unspecified atom stereocenters. The second-order valence-corrected chi connectivity index (χ2v) is 8.57. The van der Waals surface area contributed by atoms with Crippen LogP contribution in [-0.4, -0.2) is 80.4 Å². The average Bonchev–Trinajstić information content (AvgIpc) is 2.88. The summed E-state index contributed by atoms with van der Waals surface area (Å²) in [4.78, 5) is 20.6. The number of hydrogen-bond acceptors (Lipinski definition) is 6. The zero-order valence-corrected chi connectivity index (χ0v) is 15.3. The molecule has 1 aromatic heterocycles. The number of sulfone groups is 1. The smallest absolute Gasteiger partial charge is 0.255 e. The van der Waals surface area contributed by atoms with Crippen molar-refractivity contribution in [3.8, 4) is 0 Å². The third-order valence-electron chi connectivity index (χ3n) is 4.12. The predicted octanol–water partition coefficient (Wildman–Crippen LogP) is 0.704. The molecule has 1 atom stereocenters. The Hall–Kier alpha value is -1.67. The van der Waals surface area contributed by atoms with Crippen LogP contribution in [-0.2, 0) is 9.84 Å². The van der Waals surface area contributed by atoms with Gasteiger partial charge >= 0.3 is 0 Å². The third kappa shape index (κ3) is 4.91. The Morgan fingerprint density at radius 1 is 1.38 bits per heavy atom. The largest absolute Gasteiger partial charge is 0.382 e. The maximum atomic E-state index is 12.8. The lowest BCUT2D eigenvalue weighted by molar-refractivity contribution is 0.0708. The molecule has 0 spiro atoms. The van der Waals surface area contributed by atoms with Crippen molar-refractivity contribution in [2.45, 2.75) is 19.4 Å². The molecule has 2 heterocycles. The van der Waals surface area contributed by atoms with E-state index in [0.717, 1.165) is 18.8 Å². The molecule has 1 fully saturated rings. The number of aromatic nitrogens is 1. The Labute approximate surface area is 144 Å². The summed E-state index contributed by atoms with van der Waals surface area (Å²) in [5.41, 5.74) is 1.27. The lowest BCUT2D eigenvalue weighted by Crippen LogP contribution is -2.41. The number of carbonyl (C=O) groups excluding carboxylic acids is 1. The Kier molecular flexibility index (Phi) is 6.17. The van der Waals surface area contributed by atoms with E-state index in [9.17, 15) is 13.2 Å². The molecule has 7 nitrogen and oxygen atoms in total. The van der Waals surface area contributed by atoms with Gasteiger partial charge in [0.2, 0.25) is 0 Å². The molecule has 0 aromatic carbocycles. The van der Waals surface area contributed by atoms with Gasteiger partial charge in [-0.15, -0.1) is 0 Å². The minimum atomic E-state index is -3.02. The van der Waals surface area contributed by atoms with E-state index >= 15 is 0 Å². The van der Waals surface area contributed by atoms with Crippen molar-refractivity contribution in [3.63, 3.8) is 0 Å². The summed E-state index contributed by atoms with van der Waals surface area (Å²) in [6.07, 6.45) is 3.73. The van der Waals surface area contributed by atoms with E-state index in [4.69, 9.17) is 0 Å². The molecule has 1 aliphatic heterocycles. The number of anilines is 1. The molecule has 0 saturated carbocycles. The summed E-state index contributed by atoms with van der Waals surface area (Å²) in [5, 5.41) is 3.24. The lowest BCUT2D eigenvalue weighted by Gasteiger charge is -2.27. The number of carbonyl (C=O) groups is 1. The summed E-state index contributed by atoms with van der Waals surface area (Å²) in [7, 11) is 0.968. The van der Waals surface area contributed by atoms with Crippen molar-refractivity contribution in [2.24, 2.45) is 0 Å². The molecule has 134 valence electrons. The van der Waals surface area contributed by atoms with Crippen molar-refractivity contribution in [2.75, 3.05) is 50.6 Å². The number of rotatable bonds is 7. The summed E-state index contributed by atoms with van der Waals surface area (Å²) in [6.45, 7) is 3.98. The van der Waals surface area contributed by atoms with Crippen LogP contribution in [0.15, 0.2) is 18.5 Å². The van der Waals surface area contributed by atoms with Crippen LogP contribution in [0.1, 0.15) is 23.7 Å². The first kappa shape index (κ1) is 18.7. The van der Waals surface area contributed by atoms with Crippen LogP contribution in [0.5, 0.6) is 0 Å². The molecule has 0 radical (unpaired) electrons. The van der Waals surface area contributed by atoms with Gasteiger partial charge in [-0.2, -0.15) is 0 Å². The van der Waals surface area contributed by atoms with Crippen molar-refractivity contribution in [3.05, 3.63) is 24.0 Å². The first-order valence-corrected chi connectivity index (χ1v) is 9.99. The van der Waals surface area contributed by atoms with Gasteiger partial charge in [0.25, 0.3) is 5.91 Å². The molecule has 1 amide bonds. The standard InChI is InChI=1S/C16H26N4O3S/c1-4-20(15-5-8-24(22,23)12-15)16(21)13-9-14(11-17-10-13)18-6-7-19(2)3/h9-11,15,18H,4-8,12H2,1-3H3. The van der Waals surface area contributed by atoms with E-state index in [1.165, 1.54) is 6.20 Å². The van der Waals surface area contributed by atoms with Crippen molar-refractivity contribution in [1.29, 1.82) is 0 Å². The third-order valence-corrected chi connectivity index (χ3v) is 5.87. The number of hydrogen-bond donors (Lipinski definition) is 1.